The predicted octanol–water partition coefficient (Wildman–Crippen LogP) is 1.50. The zero-order valence-corrected chi connectivity index (χ0v) is 14.0. The molecule has 1 N–H and O–H groups in total. The molecule has 0 spiro atoms. The lowest BCUT2D eigenvalue weighted by Gasteiger charge is -2.06. The lowest BCUT2D eigenvalue weighted by molar-refractivity contribution is -0.116. The number of amides is 1. The minimum atomic E-state index is -0.554. The molecule has 2 rings (SSSR count). The van der Waals surface area contributed by atoms with E-state index in [0.29, 0.717) is 12.2 Å². The maximum Gasteiger partial charge on any atom is 0.358 e. The fourth-order valence-electron chi connectivity index (χ4n) is 1.90. The topological polar surface area (TPSA) is 91.0 Å². The molecule has 0 radical (unpaired) electrons. The first-order chi connectivity index (χ1) is 10.4. The van der Waals surface area contributed by atoms with E-state index in [1.54, 1.807) is 11.7 Å². The lowest BCUT2D eigenvalue weighted by Crippen LogP contribution is -2.18. The van der Waals surface area contributed by atoms with E-state index >= 15 is 0 Å². The normalized spacial score (nSPS) is 10.5. The second kappa shape index (κ2) is 6.73. The molecule has 2 heterocycles. The van der Waals surface area contributed by atoms with Crippen molar-refractivity contribution in [2.75, 3.05) is 12.4 Å². The molecule has 9 heteroatoms. The quantitative estimate of drug-likeness (QED) is 0.806. The van der Waals surface area contributed by atoms with Crippen LogP contribution in [0, 0.1) is 6.92 Å². The van der Waals surface area contributed by atoms with Gasteiger partial charge in [-0.15, -0.1) is 0 Å². The monoisotopic (exact) mass is 369 g/mol. The van der Waals surface area contributed by atoms with E-state index in [-0.39, 0.29) is 18.0 Å². The van der Waals surface area contributed by atoms with Crippen molar-refractivity contribution in [2.45, 2.75) is 19.9 Å². The number of rotatable bonds is 5. The van der Waals surface area contributed by atoms with Crippen LogP contribution in [0.3, 0.4) is 0 Å². The second-order valence-electron chi connectivity index (χ2n) is 4.65. The number of halogens is 1. The summed E-state index contributed by atoms with van der Waals surface area (Å²) in [5.41, 5.74) is 1.39. The molecule has 8 nitrogen and oxygen atoms in total. The molecule has 0 fully saturated rings. The first kappa shape index (κ1) is 16.2. The lowest BCUT2D eigenvalue weighted by atomic mass is 10.3. The molecule has 22 heavy (non-hydrogen) atoms. The standard InChI is InChI=1S/C13H16BrN5O3/c1-8-9(14)7-19(17-8)5-4-11(20)16-10-6-15-18(2)12(10)13(21)22-3/h6-7H,4-5H2,1-3H3,(H,16,20). The van der Waals surface area contributed by atoms with Crippen LogP contribution >= 0.6 is 15.9 Å². The van der Waals surface area contributed by atoms with Crippen LogP contribution in [0.15, 0.2) is 16.9 Å². The number of anilines is 1. The van der Waals surface area contributed by atoms with Crippen LogP contribution in [-0.4, -0.2) is 38.5 Å². The largest absolute Gasteiger partial charge is 0.464 e. The average molecular weight is 370 g/mol. The Morgan fingerprint density at radius 3 is 2.77 bits per heavy atom. The predicted molar refractivity (Wildman–Crippen MR) is 82.5 cm³/mol. The zero-order valence-electron chi connectivity index (χ0n) is 12.5. The molecule has 0 aliphatic heterocycles. The third kappa shape index (κ3) is 3.53. The summed E-state index contributed by atoms with van der Waals surface area (Å²) >= 11 is 3.37. The minimum Gasteiger partial charge on any atom is -0.464 e. The fraction of sp³-hybridized carbons (Fsp3) is 0.385. The maximum absolute atomic E-state index is 12.0. The molecule has 2 aromatic rings. The van der Waals surface area contributed by atoms with Crippen molar-refractivity contribution in [1.29, 1.82) is 0 Å². The summed E-state index contributed by atoms with van der Waals surface area (Å²) in [6.45, 7) is 2.31. The Balaban J connectivity index is 1.99. The van der Waals surface area contributed by atoms with E-state index in [1.165, 1.54) is 18.0 Å². The number of methoxy groups -OCH3 is 1. The third-order valence-corrected chi connectivity index (χ3v) is 3.82. The van der Waals surface area contributed by atoms with Crippen molar-refractivity contribution in [3.8, 4) is 0 Å². The Bertz CT molecular complexity index is 687. The van der Waals surface area contributed by atoms with Crippen LogP contribution in [0.25, 0.3) is 0 Å². The molecule has 0 saturated heterocycles. The molecule has 1 amide bonds. The van der Waals surface area contributed by atoms with Gasteiger partial charge in [0.15, 0.2) is 5.69 Å². The Kier molecular flexibility index (Phi) is 4.96. The molecule has 118 valence electrons. The fourth-order valence-corrected chi connectivity index (χ4v) is 2.22. The number of carbonyl (C=O) groups is 2. The third-order valence-electron chi connectivity index (χ3n) is 3.05. The highest BCUT2D eigenvalue weighted by Gasteiger charge is 2.19. The molecular formula is C13H16BrN5O3. The van der Waals surface area contributed by atoms with E-state index in [1.807, 2.05) is 13.1 Å². The summed E-state index contributed by atoms with van der Waals surface area (Å²) < 4.78 is 8.61. The molecule has 0 bridgehead atoms. The van der Waals surface area contributed by atoms with Crippen molar-refractivity contribution < 1.29 is 14.3 Å². The van der Waals surface area contributed by atoms with Gasteiger partial charge in [-0.2, -0.15) is 10.2 Å². The van der Waals surface area contributed by atoms with E-state index in [0.717, 1.165) is 10.2 Å². The second-order valence-corrected chi connectivity index (χ2v) is 5.50. The smallest absolute Gasteiger partial charge is 0.358 e. The summed E-state index contributed by atoms with van der Waals surface area (Å²) in [4.78, 5) is 23.7. The number of nitrogens with one attached hydrogen (secondary N) is 1. The van der Waals surface area contributed by atoms with Crippen LogP contribution in [0.4, 0.5) is 5.69 Å². The van der Waals surface area contributed by atoms with Gasteiger partial charge < -0.3 is 10.1 Å². The number of ether oxygens (including phenoxy) is 1. The summed E-state index contributed by atoms with van der Waals surface area (Å²) in [6.07, 6.45) is 3.45. The van der Waals surface area contributed by atoms with Crippen molar-refractivity contribution in [3.05, 3.63) is 28.3 Å². The van der Waals surface area contributed by atoms with E-state index in [2.05, 4.69) is 36.2 Å². The average Bonchev–Trinajstić information content (AvgIpc) is 2.99. The zero-order chi connectivity index (χ0) is 16.3. The van der Waals surface area contributed by atoms with Crippen LogP contribution < -0.4 is 5.32 Å². The summed E-state index contributed by atoms with van der Waals surface area (Å²) in [5.74, 6) is -0.788. The Morgan fingerprint density at radius 2 is 2.18 bits per heavy atom. The van der Waals surface area contributed by atoms with E-state index in [9.17, 15) is 9.59 Å². The van der Waals surface area contributed by atoms with Crippen molar-refractivity contribution >= 4 is 33.5 Å². The van der Waals surface area contributed by atoms with Gasteiger partial charge in [-0.3, -0.25) is 14.2 Å². The molecule has 0 atom stereocenters. The number of aromatic nitrogens is 4. The van der Waals surface area contributed by atoms with Crippen LogP contribution in [0.5, 0.6) is 0 Å². The SMILES string of the molecule is COC(=O)c1c(NC(=O)CCn2cc(Br)c(C)n2)cnn1C. The van der Waals surface area contributed by atoms with Crippen molar-refractivity contribution in [2.24, 2.45) is 7.05 Å². The number of esters is 1. The Hall–Kier alpha value is -2.16. The van der Waals surface area contributed by atoms with Crippen LogP contribution in [0.1, 0.15) is 22.6 Å². The first-order valence-electron chi connectivity index (χ1n) is 6.52. The van der Waals surface area contributed by atoms with Gasteiger partial charge in [-0.1, -0.05) is 0 Å². The summed E-state index contributed by atoms with van der Waals surface area (Å²) in [5, 5.41) is 10.9. The van der Waals surface area contributed by atoms with Gasteiger partial charge in [0.2, 0.25) is 5.91 Å². The summed E-state index contributed by atoms with van der Waals surface area (Å²) in [6, 6.07) is 0. The summed E-state index contributed by atoms with van der Waals surface area (Å²) in [7, 11) is 2.88. The molecule has 2 aromatic heterocycles. The molecule has 0 aliphatic carbocycles. The molecule has 0 saturated carbocycles. The van der Waals surface area contributed by atoms with Gasteiger partial charge in [-0.05, 0) is 22.9 Å². The molecule has 0 unspecified atom stereocenters. The van der Waals surface area contributed by atoms with Gasteiger partial charge in [-0.25, -0.2) is 4.79 Å². The molecule has 0 aromatic carbocycles. The van der Waals surface area contributed by atoms with Crippen molar-refractivity contribution in [3.63, 3.8) is 0 Å². The van der Waals surface area contributed by atoms with Crippen LogP contribution in [-0.2, 0) is 23.1 Å². The Labute approximate surface area is 135 Å². The van der Waals surface area contributed by atoms with Gasteiger partial charge in [0, 0.05) is 26.2 Å². The van der Waals surface area contributed by atoms with Gasteiger partial charge in [0.1, 0.15) is 0 Å². The number of aryl methyl sites for hydroxylation is 3. The van der Waals surface area contributed by atoms with Crippen molar-refractivity contribution in [1.82, 2.24) is 19.6 Å². The number of hydrogen-bond donors (Lipinski definition) is 1. The maximum atomic E-state index is 12.0. The number of hydrogen-bond acceptors (Lipinski definition) is 5. The highest BCUT2D eigenvalue weighted by Crippen LogP contribution is 2.16. The Morgan fingerprint density at radius 1 is 1.45 bits per heavy atom. The molecular weight excluding hydrogens is 354 g/mol. The van der Waals surface area contributed by atoms with E-state index < -0.39 is 5.97 Å². The highest BCUT2D eigenvalue weighted by molar-refractivity contribution is 9.10. The minimum absolute atomic E-state index is 0.202. The van der Waals surface area contributed by atoms with Gasteiger partial charge >= 0.3 is 5.97 Å². The van der Waals surface area contributed by atoms with Crippen LogP contribution in [0.2, 0.25) is 0 Å². The van der Waals surface area contributed by atoms with Gasteiger partial charge in [0.25, 0.3) is 0 Å². The molecule has 0 aliphatic rings. The van der Waals surface area contributed by atoms with Gasteiger partial charge in [0.05, 0.1) is 29.2 Å². The van der Waals surface area contributed by atoms with E-state index in [4.69, 9.17) is 0 Å². The number of nitrogens with zero attached hydrogens (tertiary/aromatic N) is 4. The highest BCUT2D eigenvalue weighted by atomic mass is 79.9. The first-order valence-corrected chi connectivity index (χ1v) is 7.31. The number of carbonyl (C=O) groups excluding carboxylic acids is 2.